The number of hydrogen-bond donors (Lipinski definition) is 2. The molecule has 0 aliphatic heterocycles. The van der Waals surface area contributed by atoms with E-state index in [1.54, 1.807) is 0 Å². The van der Waals surface area contributed by atoms with E-state index in [2.05, 4.69) is 0 Å². The Bertz CT molecular complexity index is 52.8. The molecule has 8 heavy (non-hydrogen) atoms. The van der Waals surface area contributed by atoms with Crippen LogP contribution in [0.2, 0.25) is 0 Å². The molecule has 0 spiro atoms. The average molecular weight is 154 g/mol. The maximum atomic E-state index is 8.59. The number of thiol groups is 1. The molecule has 0 unspecified atom stereocenters. The summed E-state index contributed by atoms with van der Waals surface area (Å²) in [5, 5.41) is 0. The molecule has 9 N–H and O–H groups in total. The first kappa shape index (κ1) is 46.7. The largest absolute Gasteiger partial charge is 0.412 e. The zero-order chi connectivity index (χ0) is 3.58. The Hall–Kier alpha value is -0.250. The van der Waals surface area contributed by atoms with E-state index in [4.69, 9.17) is 13.0 Å². The van der Waals surface area contributed by atoms with Gasteiger partial charge in [0.2, 0.25) is 0 Å². The SMILES string of the molecule is O.O.O.O.O=[SH](=O)O. The van der Waals surface area contributed by atoms with E-state index in [-0.39, 0.29) is 21.9 Å². The Labute approximate surface area is 47.0 Å². The van der Waals surface area contributed by atoms with Crippen molar-refractivity contribution in [2.24, 2.45) is 0 Å². The highest BCUT2D eigenvalue weighted by atomic mass is 32.2. The van der Waals surface area contributed by atoms with Gasteiger partial charge in [-0.25, -0.2) is 8.42 Å². The highest BCUT2D eigenvalue weighted by molar-refractivity contribution is 7.66. The summed E-state index contributed by atoms with van der Waals surface area (Å²) >= 11 is 0. The fourth-order valence-corrected chi connectivity index (χ4v) is 0. The molecule has 0 heterocycles. The number of rotatable bonds is 0. The van der Waals surface area contributed by atoms with E-state index in [1.807, 2.05) is 0 Å². The highest BCUT2D eigenvalue weighted by Gasteiger charge is 1.44. The summed E-state index contributed by atoms with van der Waals surface area (Å²) in [5.41, 5.74) is 0. The predicted octanol–water partition coefficient (Wildman–Crippen LogP) is -4.23. The Morgan fingerprint density at radius 3 is 0.875 bits per heavy atom. The van der Waals surface area contributed by atoms with Crippen LogP contribution in [0.3, 0.4) is 0 Å². The van der Waals surface area contributed by atoms with Crippen LogP contribution in [0.1, 0.15) is 0 Å². The maximum Gasteiger partial charge on any atom is 0.254 e. The summed E-state index contributed by atoms with van der Waals surface area (Å²) in [6.45, 7) is 0. The topological polar surface area (TPSA) is 180 Å². The maximum absolute atomic E-state index is 8.59. The lowest BCUT2D eigenvalue weighted by Gasteiger charge is -1.43. The number of hydrogen-bond acceptors (Lipinski definition) is 2. The minimum atomic E-state index is -3.12. The first-order valence-electron chi connectivity index (χ1n) is 0.565. The molecule has 0 aromatic heterocycles. The van der Waals surface area contributed by atoms with Crippen LogP contribution in [0, 0.1) is 0 Å². The van der Waals surface area contributed by atoms with Gasteiger partial charge >= 0.3 is 0 Å². The molecule has 7 nitrogen and oxygen atoms in total. The monoisotopic (exact) mass is 154 g/mol. The van der Waals surface area contributed by atoms with Crippen molar-refractivity contribution < 1.29 is 34.9 Å². The van der Waals surface area contributed by atoms with Crippen molar-refractivity contribution in [1.29, 1.82) is 0 Å². The molecular formula is H10O7S. The molecule has 0 bridgehead atoms. The van der Waals surface area contributed by atoms with Gasteiger partial charge in [0.1, 0.15) is 0 Å². The van der Waals surface area contributed by atoms with Gasteiger partial charge in [-0.05, 0) is 0 Å². The predicted molar refractivity (Wildman–Crippen MR) is 27.4 cm³/mol. The first-order chi connectivity index (χ1) is 1.73. The van der Waals surface area contributed by atoms with Crippen LogP contribution in [-0.4, -0.2) is 34.9 Å². The van der Waals surface area contributed by atoms with E-state index >= 15 is 0 Å². The third-order valence-electron chi connectivity index (χ3n) is 0. The van der Waals surface area contributed by atoms with Crippen LogP contribution in [0.5, 0.6) is 0 Å². The molecule has 0 aliphatic rings. The van der Waals surface area contributed by atoms with Crippen LogP contribution in [0.25, 0.3) is 0 Å². The molecule has 0 rings (SSSR count). The van der Waals surface area contributed by atoms with Gasteiger partial charge < -0.3 is 21.9 Å². The third kappa shape index (κ3) is 2080. The van der Waals surface area contributed by atoms with Crippen LogP contribution in [0.15, 0.2) is 0 Å². The molecule has 0 radical (unpaired) electrons. The first-order valence-corrected chi connectivity index (χ1v) is 1.70. The summed E-state index contributed by atoms with van der Waals surface area (Å²) < 4.78 is 24.2. The van der Waals surface area contributed by atoms with Gasteiger partial charge in [0.05, 0.1) is 0 Å². The zero-order valence-corrected chi connectivity index (χ0v) is 4.61. The summed E-state index contributed by atoms with van der Waals surface area (Å²) in [6, 6.07) is 0. The van der Waals surface area contributed by atoms with Crippen molar-refractivity contribution in [2.75, 3.05) is 0 Å². The van der Waals surface area contributed by atoms with Crippen molar-refractivity contribution >= 4 is 11.0 Å². The van der Waals surface area contributed by atoms with Crippen molar-refractivity contribution in [2.45, 2.75) is 0 Å². The molecule has 0 amide bonds. The van der Waals surface area contributed by atoms with Crippen molar-refractivity contribution in [3.8, 4) is 0 Å². The van der Waals surface area contributed by atoms with Gasteiger partial charge in [-0.15, -0.1) is 0 Å². The lowest BCUT2D eigenvalue weighted by Crippen LogP contribution is -1.58. The molecular weight excluding hydrogens is 144 g/mol. The van der Waals surface area contributed by atoms with Crippen LogP contribution < -0.4 is 0 Å². The standard InChI is InChI=1S/H2O3S.4H2O/c1-4(2)3;;;;/h4H,(H,1,2,3);4*1H2. The van der Waals surface area contributed by atoms with Crippen molar-refractivity contribution in [3.05, 3.63) is 0 Å². The second-order valence-electron chi connectivity index (χ2n) is 0.238. The van der Waals surface area contributed by atoms with Gasteiger partial charge in [0, 0.05) is 0 Å². The third-order valence-corrected chi connectivity index (χ3v) is 0. The quantitative estimate of drug-likeness (QED) is 0.265. The second kappa shape index (κ2) is 29.5. The lowest BCUT2D eigenvalue weighted by molar-refractivity contribution is 0.509. The molecule has 0 aromatic rings. The normalized spacial score (nSPS) is 4.25. The molecule has 0 aliphatic carbocycles. The van der Waals surface area contributed by atoms with E-state index in [9.17, 15) is 0 Å². The molecule has 0 saturated carbocycles. The van der Waals surface area contributed by atoms with Gasteiger partial charge in [-0.3, -0.25) is 4.55 Å². The molecule has 0 saturated heterocycles. The Morgan fingerprint density at radius 2 is 0.875 bits per heavy atom. The average Bonchev–Trinajstić information content (AvgIpc) is 0.811. The lowest BCUT2D eigenvalue weighted by atomic mass is 15.9. The van der Waals surface area contributed by atoms with E-state index in [0.717, 1.165) is 0 Å². The Balaban J connectivity index is -0.00000000750. The minimum Gasteiger partial charge on any atom is -0.412 e. The van der Waals surface area contributed by atoms with E-state index < -0.39 is 11.0 Å². The summed E-state index contributed by atoms with van der Waals surface area (Å²) in [6.07, 6.45) is 0. The minimum absolute atomic E-state index is 0. The van der Waals surface area contributed by atoms with Gasteiger partial charge in [0.15, 0.2) is 0 Å². The molecule has 0 atom stereocenters. The smallest absolute Gasteiger partial charge is 0.254 e. The van der Waals surface area contributed by atoms with Gasteiger partial charge in [0.25, 0.3) is 11.0 Å². The molecule has 8 heteroatoms. The van der Waals surface area contributed by atoms with Crippen LogP contribution in [-0.2, 0) is 11.0 Å². The van der Waals surface area contributed by atoms with Crippen LogP contribution in [0.4, 0.5) is 0 Å². The van der Waals surface area contributed by atoms with E-state index in [0.29, 0.717) is 0 Å². The molecule has 0 aromatic carbocycles. The Morgan fingerprint density at radius 1 is 0.875 bits per heavy atom. The van der Waals surface area contributed by atoms with E-state index in [1.165, 1.54) is 0 Å². The fourth-order valence-electron chi connectivity index (χ4n) is 0. The Kier molecular flexibility index (Phi) is 172. The van der Waals surface area contributed by atoms with Gasteiger partial charge in [-0.1, -0.05) is 0 Å². The van der Waals surface area contributed by atoms with Crippen molar-refractivity contribution in [1.82, 2.24) is 0 Å². The van der Waals surface area contributed by atoms with Crippen LogP contribution >= 0.6 is 0 Å². The summed E-state index contributed by atoms with van der Waals surface area (Å²) in [5.74, 6) is 0. The second-order valence-corrected chi connectivity index (χ2v) is 0.714. The molecule has 0 fully saturated rings. The zero-order valence-electron chi connectivity index (χ0n) is 3.71. The fraction of sp³-hybridized carbons (Fsp3) is 0. The summed E-state index contributed by atoms with van der Waals surface area (Å²) in [4.78, 5) is 0. The summed E-state index contributed by atoms with van der Waals surface area (Å²) in [7, 11) is -3.12. The highest BCUT2D eigenvalue weighted by Crippen LogP contribution is 1.27. The molecule has 58 valence electrons. The van der Waals surface area contributed by atoms with Crippen molar-refractivity contribution in [3.63, 3.8) is 0 Å². The van der Waals surface area contributed by atoms with Gasteiger partial charge in [-0.2, -0.15) is 0 Å².